The standard InChI is InChI=1S/C15H18FN3O.2ClH/c16-13-4-3-11(15(20)12(13)9-17)14(10-1-2-10)19-7-5-18-6-8-19;;/h3-4,10,14,18,20H,1-2,5-8H2;2*1H/t14-;;/m0../s1. The Bertz CT molecular complexity index is 554. The molecule has 1 saturated heterocycles. The lowest BCUT2D eigenvalue weighted by molar-refractivity contribution is 0.153. The number of nitriles is 1. The van der Waals surface area contributed by atoms with Gasteiger partial charge in [-0.15, -0.1) is 24.8 Å². The second-order valence-corrected chi connectivity index (χ2v) is 5.54. The molecule has 3 rings (SSSR count). The summed E-state index contributed by atoms with van der Waals surface area (Å²) in [6.07, 6.45) is 2.26. The molecule has 2 aliphatic rings. The van der Waals surface area contributed by atoms with Crippen LogP contribution in [0.5, 0.6) is 5.75 Å². The van der Waals surface area contributed by atoms with Gasteiger partial charge in [-0.2, -0.15) is 5.26 Å². The Balaban J connectivity index is 0.00000121. The van der Waals surface area contributed by atoms with E-state index < -0.39 is 5.82 Å². The van der Waals surface area contributed by atoms with E-state index in [0.717, 1.165) is 39.0 Å². The molecule has 0 amide bonds. The van der Waals surface area contributed by atoms with Crippen molar-refractivity contribution in [2.75, 3.05) is 26.2 Å². The number of piperazine rings is 1. The summed E-state index contributed by atoms with van der Waals surface area (Å²) in [5.74, 6) is -0.317. The van der Waals surface area contributed by atoms with Crippen LogP contribution in [0.4, 0.5) is 4.39 Å². The highest BCUT2D eigenvalue weighted by molar-refractivity contribution is 5.85. The number of phenols is 1. The Hall–Kier alpha value is -1.06. The van der Waals surface area contributed by atoms with Crippen molar-refractivity contribution in [2.45, 2.75) is 18.9 Å². The third-order valence-electron chi connectivity index (χ3n) is 4.20. The van der Waals surface area contributed by atoms with Gasteiger partial charge in [-0.3, -0.25) is 4.90 Å². The smallest absolute Gasteiger partial charge is 0.144 e. The van der Waals surface area contributed by atoms with Crippen molar-refractivity contribution in [1.29, 1.82) is 5.26 Å². The average molecular weight is 348 g/mol. The number of nitrogens with zero attached hydrogens (tertiary/aromatic N) is 2. The first-order valence-electron chi connectivity index (χ1n) is 7.08. The van der Waals surface area contributed by atoms with E-state index in [1.807, 2.05) is 0 Å². The highest BCUT2D eigenvalue weighted by Crippen LogP contribution is 2.47. The van der Waals surface area contributed by atoms with Crippen LogP contribution in [0, 0.1) is 23.1 Å². The number of rotatable bonds is 3. The van der Waals surface area contributed by atoms with E-state index in [4.69, 9.17) is 5.26 Å². The maximum atomic E-state index is 13.5. The van der Waals surface area contributed by atoms with Gasteiger partial charge in [0.25, 0.3) is 0 Å². The lowest BCUT2D eigenvalue weighted by atomic mass is 9.96. The molecule has 1 aliphatic heterocycles. The van der Waals surface area contributed by atoms with Gasteiger partial charge in [-0.05, 0) is 24.8 Å². The molecule has 22 heavy (non-hydrogen) atoms. The number of nitrogens with one attached hydrogen (secondary N) is 1. The SMILES string of the molecule is Cl.Cl.N#Cc1c(F)ccc([C@H](C2CC2)N2CCNCC2)c1O. The number of benzene rings is 1. The number of halogens is 3. The Morgan fingerprint density at radius 3 is 2.45 bits per heavy atom. The van der Waals surface area contributed by atoms with Crippen LogP contribution in [0.15, 0.2) is 12.1 Å². The second-order valence-electron chi connectivity index (χ2n) is 5.54. The zero-order valence-corrected chi connectivity index (χ0v) is 13.7. The lowest BCUT2D eigenvalue weighted by Gasteiger charge is -2.35. The van der Waals surface area contributed by atoms with Crippen molar-refractivity contribution in [1.82, 2.24) is 10.2 Å². The van der Waals surface area contributed by atoms with Crippen molar-refractivity contribution < 1.29 is 9.50 Å². The van der Waals surface area contributed by atoms with Crippen molar-refractivity contribution >= 4 is 24.8 Å². The molecule has 1 aromatic rings. The van der Waals surface area contributed by atoms with E-state index in [1.54, 1.807) is 12.1 Å². The van der Waals surface area contributed by atoms with Crippen molar-refractivity contribution in [3.8, 4) is 11.8 Å². The fourth-order valence-electron chi connectivity index (χ4n) is 3.05. The molecule has 2 fully saturated rings. The minimum absolute atomic E-state index is 0. The summed E-state index contributed by atoms with van der Waals surface area (Å²) in [5.41, 5.74) is 0.468. The van der Waals surface area contributed by atoms with Gasteiger partial charge in [0.2, 0.25) is 0 Å². The molecule has 122 valence electrons. The van der Waals surface area contributed by atoms with E-state index in [9.17, 15) is 9.50 Å². The molecule has 2 N–H and O–H groups in total. The van der Waals surface area contributed by atoms with Gasteiger partial charge in [0, 0.05) is 37.8 Å². The van der Waals surface area contributed by atoms with Gasteiger partial charge in [0.05, 0.1) is 0 Å². The first kappa shape index (κ1) is 19.0. The number of phenolic OH excluding ortho intramolecular Hbond substituents is 1. The molecule has 1 aliphatic carbocycles. The van der Waals surface area contributed by atoms with E-state index in [-0.39, 0.29) is 42.2 Å². The van der Waals surface area contributed by atoms with Gasteiger partial charge in [-0.25, -0.2) is 4.39 Å². The summed E-state index contributed by atoms with van der Waals surface area (Å²) < 4.78 is 13.5. The molecule has 7 heteroatoms. The summed E-state index contributed by atoms with van der Waals surface area (Å²) in [6.45, 7) is 3.69. The quantitative estimate of drug-likeness (QED) is 0.882. The van der Waals surface area contributed by atoms with Crippen LogP contribution in [0.1, 0.15) is 30.0 Å². The third kappa shape index (κ3) is 3.64. The van der Waals surface area contributed by atoms with E-state index in [0.29, 0.717) is 11.5 Å². The van der Waals surface area contributed by atoms with E-state index in [1.165, 1.54) is 6.07 Å². The van der Waals surface area contributed by atoms with Gasteiger partial charge < -0.3 is 10.4 Å². The first-order valence-corrected chi connectivity index (χ1v) is 7.08. The topological polar surface area (TPSA) is 59.3 Å². The van der Waals surface area contributed by atoms with Crippen LogP contribution >= 0.6 is 24.8 Å². The van der Waals surface area contributed by atoms with Crippen LogP contribution in [-0.4, -0.2) is 36.2 Å². The molecule has 4 nitrogen and oxygen atoms in total. The predicted molar refractivity (Wildman–Crippen MR) is 87.2 cm³/mol. The maximum Gasteiger partial charge on any atom is 0.144 e. The fraction of sp³-hybridized carbons (Fsp3) is 0.533. The van der Waals surface area contributed by atoms with Crippen LogP contribution in [0.2, 0.25) is 0 Å². The summed E-state index contributed by atoms with van der Waals surface area (Å²) in [6, 6.07) is 4.80. The molecule has 1 heterocycles. The van der Waals surface area contributed by atoms with E-state index in [2.05, 4.69) is 10.2 Å². The third-order valence-corrected chi connectivity index (χ3v) is 4.20. The monoisotopic (exact) mass is 347 g/mol. The highest BCUT2D eigenvalue weighted by atomic mass is 35.5. The van der Waals surface area contributed by atoms with Crippen LogP contribution in [-0.2, 0) is 0 Å². The average Bonchev–Trinajstić information content (AvgIpc) is 3.28. The molecule has 0 spiro atoms. The summed E-state index contributed by atoms with van der Waals surface area (Å²) in [5, 5.41) is 22.5. The van der Waals surface area contributed by atoms with Crippen molar-refractivity contribution in [3.05, 3.63) is 29.1 Å². The Labute approximate surface area is 142 Å². The summed E-state index contributed by atoms with van der Waals surface area (Å²) in [7, 11) is 0. The number of aromatic hydroxyl groups is 1. The summed E-state index contributed by atoms with van der Waals surface area (Å²) in [4.78, 5) is 2.34. The molecular formula is C15H20Cl2FN3O. The normalized spacial score (nSPS) is 19.5. The van der Waals surface area contributed by atoms with Gasteiger partial charge in [0.1, 0.15) is 23.2 Å². The van der Waals surface area contributed by atoms with Crippen LogP contribution in [0.25, 0.3) is 0 Å². The Morgan fingerprint density at radius 1 is 1.27 bits per heavy atom. The van der Waals surface area contributed by atoms with Gasteiger partial charge in [-0.1, -0.05) is 6.07 Å². The molecular weight excluding hydrogens is 328 g/mol. The zero-order valence-electron chi connectivity index (χ0n) is 12.1. The van der Waals surface area contributed by atoms with Crippen molar-refractivity contribution in [2.24, 2.45) is 5.92 Å². The molecule has 1 atom stereocenters. The maximum absolute atomic E-state index is 13.5. The minimum Gasteiger partial charge on any atom is -0.506 e. The fourth-order valence-corrected chi connectivity index (χ4v) is 3.05. The van der Waals surface area contributed by atoms with Crippen LogP contribution in [0.3, 0.4) is 0 Å². The molecule has 1 aromatic carbocycles. The molecule has 0 radical (unpaired) electrons. The largest absolute Gasteiger partial charge is 0.506 e. The van der Waals surface area contributed by atoms with Crippen molar-refractivity contribution in [3.63, 3.8) is 0 Å². The predicted octanol–water partition coefficient (Wildman–Crippen LogP) is 2.60. The Kier molecular flexibility index (Phi) is 6.89. The van der Waals surface area contributed by atoms with E-state index >= 15 is 0 Å². The highest BCUT2D eigenvalue weighted by Gasteiger charge is 2.38. The molecule has 0 bridgehead atoms. The van der Waals surface area contributed by atoms with Gasteiger partial charge >= 0.3 is 0 Å². The lowest BCUT2D eigenvalue weighted by Crippen LogP contribution is -2.45. The zero-order chi connectivity index (χ0) is 14.1. The van der Waals surface area contributed by atoms with Gasteiger partial charge in [0.15, 0.2) is 0 Å². The first-order chi connectivity index (χ1) is 9.72. The second kappa shape index (κ2) is 7.98. The molecule has 1 saturated carbocycles. The number of hydrogen-bond acceptors (Lipinski definition) is 4. The summed E-state index contributed by atoms with van der Waals surface area (Å²) >= 11 is 0. The van der Waals surface area contributed by atoms with Crippen LogP contribution < -0.4 is 5.32 Å². The molecule has 0 aromatic heterocycles. The molecule has 0 unspecified atom stereocenters. The minimum atomic E-state index is -0.649. The Morgan fingerprint density at radius 2 is 1.91 bits per heavy atom. The number of hydrogen-bond donors (Lipinski definition) is 2.